The predicted molar refractivity (Wildman–Crippen MR) is 55.7 cm³/mol. The van der Waals surface area contributed by atoms with Crippen molar-refractivity contribution >= 4 is 6.09 Å². The molecule has 0 radical (unpaired) electrons. The van der Waals surface area contributed by atoms with Crippen molar-refractivity contribution in [2.45, 2.75) is 32.5 Å². The maximum atomic E-state index is 11.2. The highest BCUT2D eigenvalue weighted by Gasteiger charge is 2.18. The lowest BCUT2D eigenvalue weighted by Gasteiger charge is -2.20. The zero-order valence-corrected chi connectivity index (χ0v) is 9.56. The van der Waals surface area contributed by atoms with Crippen LogP contribution in [0, 0.1) is 0 Å². The quantitative estimate of drug-likeness (QED) is 0.812. The van der Waals surface area contributed by atoms with Crippen LogP contribution in [0.2, 0.25) is 0 Å². The molecule has 0 fully saturated rings. The van der Waals surface area contributed by atoms with E-state index in [1.807, 2.05) is 0 Å². The topological polar surface area (TPSA) is 84.6 Å². The molecular formula is C10H16N2O4. The third kappa shape index (κ3) is 4.31. The number of carbonyl (C=O) groups excluding carboxylic acids is 1. The van der Waals surface area contributed by atoms with Crippen molar-refractivity contribution in [1.82, 2.24) is 10.3 Å². The monoisotopic (exact) mass is 228 g/mol. The van der Waals surface area contributed by atoms with Crippen LogP contribution in [0.15, 0.2) is 16.9 Å². The van der Waals surface area contributed by atoms with E-state index in [0.29, 0.717) is 0 Å². The second-order valence-electron chi connectivity index (χ2n) is 4.27. The van der Waals surface area contributed by atoms with Gasteiger partial charge in [-0.3, -0.25) is 0 Å². The van der Waals surface area contributed by atoms with Gasteiger partial charge in [-0.1, -0.05) is 0 Å². The van der Waals surface area contributed by atoms with Gasteiger partial charge in [0.1, 0.15) is 18.0 Å². The first-order valence-electron chi connectivity index (χ1n) is 4.93. The highest BCUT2D eigenvalue weighted by Crippen LogP contribution is 2.09. The van der Waals surface area contributed by atoms with E-state index in [0.717, 1.165) is 0 Å². The van der Waals surface area contributed by atoms with Crippen LogP contribution < -0.4 is 5.32 Å². The average molecular weight is 228 g/mol. The standard InChI is InChI=1S/C10H16N2O4/c1-10(2,3)16-9(14)12-6-7(13)8-11-4-5-15-8/h4-5,7,13H,6H2,1-3H3,(H,12,14). The normalized spacial score (nSPS) is 13.2. The summed E-state index contributed by atoms with van der Waals surface area (Å²) in [5.74, 6) is 0.163. The lowest BCUT2D eigenvalue weighted by atomic mass is 10.2. The lowest BCUT2D eigenvalue weighted by molar-refractivity contribution is 0.0480. The predicted octanol–water partition coefficient (Wildman–Crippen LogP) is 1.23. The lowest BCUT2D eigenvalue weighted by Crippen LogP contribution is -2.34. The van der Waals surface area contributed by atoms with Crippen molar-refractivity contribution in [2.24, 2.45) is 0 Å². The molecular weight excluding hydrogens is 212 g/mol. The minimum Gasteiger partial charge on any atom is -0.446 e. The van der Waals surface area contributed by atoms with Gasteiger partial charge in [-0.25, -0.2) is 9.78 Å². The Labute approximate surface area is 93.6 Å². The van der Waals surface area contributed by atoms with Crippen LogP contribution in [0.1, 0.15) is 32.8 Å². The summed E-state index contributed by atoms with van der Waals surface area (Å²) in [6.07, 6.45) is 1.22. The maximum absolute atomic E-state index is 11.2. The molecule has 0 saturated heterocycles. The fraction of sp³-hybridized carbons (Fsp3) is 0.600. The number of nitrogens with zero attached hydrogens (tertiary/aromatic N) is 1. The fourth-order valence-electron chi connectivity index (χ4n) is 0.981. The van der Waals surface area contributed by atoms with Crippen molar-refractivity contribution in [1.29, 1.82) is 0 Å². The van der Waals surface area contributed by atoms with E-state index in [4.69, 9.17) is 9.15 Å². The van der Waals surface area contributed by atoms with Crippen LogP contribution >= 0.6 is 0 Å². The van der Waals surface area contributed by atoms with Crippen molar-refractivity contribution in [3.05, 3.63) is 18.4 Å². The molecule has 1 aromatic heterocycles. The Kier molecular flexibility index (Phi) is 3.89. The number of carbonyl (C=O) groups is 1. The van der Waals surface area contributed by atoms with E-state index in [-0.39, 0.29) is 12.4 Å². The molecule has 1 atom stereocenters. The Morgan fingerprint density at radius 1 is 1.69 bits per heavy atom. The molecule has 6 heteroatoms. The summed E-state index contributed by atoms with van der Waals surface area (Å²) in [7, 11) is 0. The highest BCUT2D eigenvalue weighted by molar-refractivity contribution is 5.67. The van der Waals surface area contributed by atoms with Crippen molar-refractivity contribution in [3.8, 4) is 0 Å². The maximum Gasteiger partial charge on any atom is 0.407 e. The van der Waals surface area contributed by atoms with Gasteiger partial charge >= 0.3 is 6.09 Å². The van der Waals surface area contributed by atoms with Crippen molar-refractivity contribution in [3.63, 3.8) is 0 Å². The molecule has 1 aromatic rings. The molecule has 0 saturated carbocycles. The summed E-state index contributed by atoms with van der Waals surface area (Å²) in [6.45, 7) is 5.28. The number of rotatable bonds is 3. The van der Waals surface area contributed by atoms with Crippen molar-refractivity contribution < 1.29 is 19.1 Å². The molecule has 6 nitrogen and oxygen atoms in total. The number of hydrogen-bond acceptors (Lipinski definition) is 5. The number of nitrogens with one attached hydrogen (secondary N) is 1. The minimum absolute atomic E-state index is 0.00454. The summed E-state index contributed by atoms with van der Waals surface area (Å²) >= 11 is 0. The number of hydrogen-bond donors (Lipinski definition) is 2. The zero-order valence-electron chi connectivity index (χ0n) is 9.56. The summed E-state index contributed by atoms with van der Waals surface area (Å²) < 4.78 is 9.87. The van der Waals surface area contributed by atoms with Gasteiger partial charge in [-0.05, 0) is 20.8 Å². The van der Waals surface area contributed by atoms with Crippen LogP contribution in [-0.4, -0.2) is 28.3 Å². The van der Waals surface area contributed by atoms with E-state index in [2.05, 4.69) is 10.3 Å². The van der Waals surface area contributed by atoms with E-state index in [9.17, 15) is 9.90 Å². The van der Waals surface area contributed by atoms with E-state index in [1.54, 1.807) is 20.8 Å². The van der Waals surface area contributed by atoms with Gasteiger partial charge in [0.15, 0.2) is 0 Å². The van der Waals surface area contributed by atoms with Crippen molar-refractivity contribution in [2.75, 3.05) is 6.54 Å². The first-order valence-corrected chi connectivity index (χ1v) is 4.93. The van der Waals surface area contributed by atoms with E-state index >= 15 is 0 Å². The smallest absolute Gasteiger partial charge is 0.407 e. The number of amides is 1. The van der Waals surface area contributed by atoms with Gasteiger partial charge in [-0.15, -0.1) is 0 Å². The first-order chi connectivity index (χ1) is 7.38. The number of aromatic nitrogens is 1. The first kappa shape index (κ1) is 12.5. The largest absolute Gasteiger partial charge is 0.446 e. The average Bonchev–Trinajstić information content (AvgIpc) is 2.64. The second-order valence-corrected chi connectivity index (χ2v) is 4.27. The van der Waals surface area contributed by atoms with E-state index < -0.39 is 17.8 Å². The van der Waals surface area contributed by atoms with Gasteiger partial charge in [-0.2, -0.15) is 0 Å². The number of aliphatic hydroxyl groups excluding tert-OH is 1. The van der Waals surface area contributed by atoms with Gasteiger partial charge in [0.2, 0.25) is 5.89 Å². The Hall–Kier alpha value is -1.56. The molecule has 1 rings (SSSR count). The molecule has 0 aliphatic rings. The molecule has 0 aromatic carbocycles. The Bertz CT molecular complexity index is 329. The SMILES string of the molecule is CC(C)(C)OC(=O)NCC(O)c1ncco1. The second kappa shape index (κ2) is 4.98. The molecule has 1 heterocycles. The summed E-state index contributed by atoms with van der Waals surface area (Å²) in [4.78, 5) is 15.0. The molecule has 0 aliphatic heterocycles. The Balaban J connectivity index is 2.32. The van der Waals surface area contributed by atoms with Gasteiger partial charge in [0, 0.05) is 0 Å². The highest BCUT2D eigenvalue weighted by atomic mass is 16.6. The number of oxazole rings is 1. The van der Waals surface area contributed by atoms with E-state index in [1.165, 1.54) is 12.5 Å². The molecule has 16 heavy (non-hydrogen) atoms. The minimum atomic E-state index is -0.970. The molecule has 90 valence electrons. The molecule has 0 aliphatic carbocycles. The van der Waals surface area contributed by atoms with Gasteiger partial charge < -0.3 is 19.6 Å². The third-order valence-corrected chi connectivity index (χ3v) is 1.58. The third-order valence-electron chi connectivity index (χ3n) is 1.58. The zero-order chi connectivity index (χ0) is 12.2. The Morgan fingerprint density at radius 3 is 2.88 bits per heavy atom. The van der Waals surface area contributed by atoms with Gasteiger partial charge in [0.25, 0.3) is 0 Å². The van der Waals surface area contributed by atoms with Crippen LogP contribution in [0.3, 0.4) is 0 Å². The summed E-state index contributed by atoms with van der Waals surface area (Å²) in [5.41, 5.74) is -0.558. The van der Waals surface area contributed by atoms with Gasteiger partial charge in [0.05, 0.1) is 12.7 Å². The number of ether oxygens (including phenoxy) is 1. The number of aliphatic hydroxyl groups is 1. The summed E-state index contributed by atoms with van der Waals surface area (Å²) in [5, 5.41) is 11.9. The summed E-state index contributed by atoms with van der Waals surface area (Å²) in [6, 6.07) is 0. The van der Waals surface area contributed by atoms with Crippen LogP contribution in [0.25, 0.3) is 0 Å². The molecule has 0 bridgehead atoms. The van der Waals surface area contributed by atoms with Crippen LogP contribution in [0.5, 0.6) is 0 Å². The Morgan fingerprint density at radius 2 is 2.38 bits per heavy atom. The van der Waals surface area contributed by atoms with Crippen LogP contribution in [0.4, 0.5) is 4.79 Å². The molecule has 2 N–H and O–H groups in total. The van der Waals surface area contributed by atoms with Crippen LogP contribution in [-0.2, 0) is 4.74 Å². The fourth-order valence-corrected chi connectivity index (χ4v) is 0.981. The molecule has 1 unspecified atom stereocenters. The molecule has 1 amide bonds. The molecule has 0 spiro atoms. The number of alkyl carbamates (subject to hydrolysis) is 1.